The van der Waals surface area contributed by atoms with E-state index in [4.69, 9.17) is 15.0 Å². The summed E-state index contributed by atoms with van der Waals surface area (Å²) in [6.07, 6.45) is 1.87. The number of piperidine rings is 1. The molecule has 0 radical (unpaired) electrons. The van der Waals surface area contributed by atoms with Gasteiger partial charge in [0.2, 0.25) is 0 Å². The molecular formula is C28H34N8O4. The van der Waals surface area contributed by atoms with Crippen LogP contribution in [0.1, 0.15) is 44.4 Å². The van der Waals surface area contributed by atoms with Crippen LogP contribution in [0.4, 0.5) is 11.6 Å². The number of phenols is 1. The van der Waals surface area contributed by atoms with Gasteiger partial charge in [-0.25, -0.2) is 0 Å². The van der Waals surface area contributed by atoms with Crippen molar-refractivity contribution < 1.29 is 19.2 Å². The Morgan fingerprint density at radius 2 is 1.88 bits per heavy atom. The standard InChI is InChI=1S/C28H34N8O4/c1-16(2)25(28(38)39-3)23-13-24(33-40-23)35-14-18(15-35)34-10-8-17(9-11-34)36-21-12-20(19-6-4-5-7-22(19)37)30-31-26(21)27(29)32-36/h4-7,12-13,16-18,25,37H,8-11,14-15H2,1-3H3,(H2,29,32). The number of phenolic OH excluding ortho intramolecular Hbond substituents is 1. The molecule has 2 aliphatic rings. The van der Waals surface area contributed by atoms with Gasteiger partial charge in [0, 0.05) is 43.9 Å². The summed E-state index contributed by atoms with van der Waals surface area (Å²) in [6.45, 7) is 7.53. The lowest BCUT2D eigenvalue weighted by Crippen LogP contribution is -2.61. The lowest BCUT2D eigenvalue weighted by atomic mass is 9.93. The smallest absolute Gasteiger partial charge is 0.316 e. The number of carbonyl (C=O) groups excluding carboxylic acids is 1. The number of anilines is 2. The Hall–Kier alpha value is -4.19. The molecule has 2 saturated heterocycles. The van der Waals surface area contributed by atoms with Crippen molar-refractivity contribution in [1.82, 2.24) is 30.0 Å². The van der Waals surface area contributed by atoms with Crippen molar-refractivity contribution in [2.75, 3.05) is 43.9 Å². The summed E-state index contributed by atoms with van der Waals surface area (Å²) in [6, 6.07) is 11.5. The van der Waals surface area contributed by atoms with Gasteiger partial charge in [-0.05, 0) is 37.0 Å². The number of aromatic nitrogens is 5. The van der Waals surface area contributed by atoms with Crippen molar-refractivity contribution in [3.05, 3.63) is 42.2 Å². The minimum Gasteiger partial charge on any atom is -0.507 e. The molecule has 40 heavy (non-hydrogen) atoms. The number of ether oxygens (including phenoxy) is 1. The van der Waals surface area contributed by atoms with Gasteiger partial charge in [0.1, 0.15) is 11.7 Å². The lowest BCUT2D eigenvalue weighted by molar-refractivity contribution is -0.144. The van der Waals surface area contributed by atoms with Gasteiger partial charge < -0.3 is 25.0 Å². The highest BCUT2D eigenvalue weighted by atomic mass is 16.5. The molecule has 0 amide bonds. The second-order valence-electron chi connectivity index (χ2n) is 11.0. The number of aromatic hydroxyl groups is 1. The van der Waals surface area contributed by atoms with Gasteiger partial charge in [-0.3, -0.25) is 14.4 Å². The number of likely N-dealkylation sites (tertiary alicyclic amines) is 1. The van der Waals surface area contributed by atoms with E-state index < -0.39 is 5.92 Å². The van der Waals surface area contributed by atoms with Crippen molar-refractivity contribution in [2.24, 2.45) is 5.92 Å². The molecule has 0 spiro atoms. The second kappa shape index (κ2) is 10.4. The molecule has 0 bridgehead atoms. The molecule has 2 aliphatic heterocycles. The molecule has 5 heterocycles. The predicted octanol–water partition coefficient (Wildman–Crippen LogP) is 3.21. The van der Waals surface area contributed by atoms with Crippen LogP contribution in [0.3, 0.4) is 0 Å². The van der Waals surface area contributed by atoms with Gasteiger partial charge >= 0.3 is 5.97 Å². The minimum absolute atomic E-state index is 0.0464. The normalized spacial score (nSPS) is 17.9. The number of para-hydroxylation sites is 1. The van der Waals surface area contributed by atoms with E-state index in [0.717, 1.165) is 50.4 Å². The van der Waals surface area contributed by atoms with Crippen LogP contribution in [0.25, 0.3) is 22.3 Å². The topological polar surface area (TPSA) is 149 Å². The fourth-order valence-electron chi connectivity index (χ4n) is 5.84. The van der Waals surface area contributed by atoms with Gasteiger partial charge in [0.25, 0.3) is 0 Å². The van der Waals surface area contributed by atoms with Crippen molar-refractivity contribution in [3.63, 3.8) is 0 Å². The largest absolute Gasteiger partial charge is 0.507 e. The van der Waals surface area contributed by atoms with E-state index in [-0.39, 0.29) is 23.7 Å². The number of methoxy groups -OCH3 is 1. The lowest BCUT2D eigenvalue weighted by Gasteiger charge is -2.47. The highest BCUT2D eigenvalue weighted by molar-refractivity contribution is 5.87. The van der Waals surface area contributed by atoms with E-state index >= 15 is 0 Å². The van der Waals surface area contributed by atoms with Gasteiger partial charge in [-0.2, -0.15) is 5.10 Å². The Morgan fingerprint density at radius 1 is 1.12 bits per heavy atom. The Kier molecular flexibility index (Phi) is 6.78. The summed E-state index contributed by atoms with van der Waals surface area (Å²) in [5.41, 5.74) is 8.81. The summed E-state index contributed by atoms with van der Waals surface area (Å²) < 4.78 is 12.5. The van der Waals surface area contributed by atoms with Crippen LogP contribution in [0.15, 0.2) is 40.9 Å². The number of fused-ring (bicyclic) bond motifs is 1. The first kappa shape index (κ1) is 26.1. The van der Waals surface area contributed by atoms with Crippen LogP contribution in [-0.4, -0.2) is 80.4 Å². The number of esters is 1. The highest BCUT2D eigenvalue weighted by Crippen LogP contribution is 2.35. The van der Waals surface area contributed by atoms with E-state index in [9.17, 15) is 9.90 Å². The first-order valence-electron chi connectivity index (χ1n) is 13.7. The maximum Gasteiger partial charge on any atom is 0.316 e. The Balaban J connectivity index is 1.10. The first-order chi connectivity index (χ1) is 19.3. The zero-order valence-electron chi connectivity index (χ0n) is 22.9. The summed E-state index contributed by atoms with van der Waals surface area (Å²) in [5.74, 6) is 1.10. The molecule has 1 unspecified atom stereocenters. The number of nitrogens with zero attached hydrogens (tertiary/aromatic N) is 7. The molecule has 12 nitrogen and oxygen atoms in total. The third kappa shape index (κ3) is 4.61. The average Bonchev–Trinajstić information content (AvgIpc) is 3.52. The van der Waals surface area contributed by atoms with Crippen LogP contribution >= 0.6 is 0 Å². The molecule has 2 fully saturated rings. The monoisotopic (exact) mass is 546 g/mol. The van der Waals surface area contributed by atoms with Crippen LogP contribution in [0, 0.1) is 5.92 Å². The third-order valence-electron chi connectivity index (χ3n) is 8.15. The van der Waals surface area contributed by atoms with Crippen LogP contribution in [-0.2, 0) is 9.53 Å². The number of carbonyl (C=O) groups is 1. The molecular weight excluding hydrogens is 512 g/mol. The molecule has 1 atom stereocenters. The predicted molar refractivity (Wildman–Crippen MR) is 149 cm³/mol. The number of benzene rings is 1. The van der Waals surface area contributed by atoms with Gasteiger partial charge in [-0.15, -0.1) is 10.2 Å². The Bertz CT molecular complexity index is 1520. The third-order valence-corrected chi connectivity index (χ3v) is 8.15. The van der Waals surface area contributed by atoms with Crippen molar-refractivity contribution in [3.8, 4) is 17.0 Å². The zero-order chi connectivity index (χ0) is 28.0. The molecule has 4 aromatic rings. The molecule has 3 aromatic heterocycles. The van der Waals surface area contributed by atoms with Gasteiger partial charge in [0.15, 0.2) is 22.9 Å². The SMILES string of the molecule is COC(=O)C(c1cc(N2CC(N3CCC(n4nc(N)c5nnc(-c6ccccc6O)cc54)CC3)C2)no1)C(C)C. The van der Waals surface area contributed by atoms with Crippen molar-refractivity contribution >= 4 is 28.6 Å². The number of nitrogen functional groups attached to an aromatic ring is 1. The van der Waals surface area contributed by atoms with Crippen LogP contribution in [0.5, 0.6) is 5.75 Å². The summed E-state index contributed by atoms with van der Waals surface area (Å²) in [7, 11) is 1.39. The number of rotatable bonds is 7. The van der Waals surface area contributed by atoms with Crippen LogP contribution < -0.4 is 10.6 Å². The summed E-state index contributed by atoms with van der Waals surface area (Å²) in [4.78, 5) is 16.9. The molecule has 1 aromatic carbocycles. The number of nitrogens with two attached hydrogens (primary N) is 1. The van der Waals surface area contributed by atoms with Crippen LogP contribution in [0.2, 0.25) is 0 Å². The summed E-state index contributed by atoms with van der Waals surface area (Å²) in [5, 5.41) is 27.8. The molecule has 0 aliphatic carbocycles. The highest BCUT2D eigenvalue weighted by Gasteiger charge is 2.37. The maximum atomic E-state index is 12.2. The quantitative estimate of drug-likeness (QED) is 0.329. The van der Waals surface area contributed by atoms with Gasteiger partial charge in [0.05, 0.1) is 24.4 Å². The Morgan fingerprint density at radius 3 is 2.58 bits per heavy atom. The van der Waals surface area contributed by atoms with E-state index in [1.54, 1.807) is 12.1 Å². The van der Waals surface area contributed by atoms with E-state index in [1.165, 1.54) is 7.11 Å². The Labute approximate surface area is 231 Å². The molecule has 210 valence electrons. The van der Waals surface area contributed by atoms with E-state index in [1.807, 2.05) is 42.8 Å². The second-order valence-corrected chi connectivity index (χ2v) is 11.0. The summed E-state index contributed by atoms with van der Waals surface area (Å²) >= 11 is 0. The molecule has 0 saturated carbocycles. The number of hydrogen-bond donors (Lipinski definition) is 2. The molecule has 3 N–H and O–H groups in total. The number of hydrogen-bond acceptors (Lipinski definition) is 11. The first-order valence-corrected chi connectivity index (χ1v) is 13.7. The fourth-order valence-corrected chi connectivity index (χ4v) is 5.84. The van der Waals surface area contributed by atoms with Gasteiger partial charge in [-0.1, -0.05) is 31.1 Å². The van der Waals surface area contributed by atoms with E-state index in [0.29, 0.717) is 34.4 Å². The zero-order valence-corrected chi connectivity index (χ0v) is 22.9. The van der Waals surface area contributed by atoms with E-state index in [2.05, 4.69) is 30.3 Å². The van der Waals surface area contributed by atoms with Crippen molar-refractivity contribution in [2.45, 2.75) is 44.7 Å². The fraction of sp³-hybridized carbons (Fsp3) is 0.464. The maximum absolute atomic E-state index is 12.2. The minimum atomic E-state index is -0.463. The average molecular weight is 547 g/mol. The molecule has 6 rings (SSSR count). The van der Waals surface area contributed by atoms with Crippen molar-refractivity contribution in [1.29, 1.82) is 0 Å². The molecule has 12 heteroatoms.